The lowest BCUT2D eigenvalue weighted by Crippen LogP contribution is -2.33. The second kappa shape index (κ2) is 5.25. The third-order valence-corrected chi connectivity index (χ3v) is 2.31. The maximum Gasteiger partial charge on any atom is 0.305 e. The molecule has 5 heteroatoms. The highest BCUT2D eigenvalue weighted by molar-refractivity contribution is 5.69. The van der Waals surface area contributed by atoms with Crippen molar-refractivity contribution in [3.8, 4) is 0 Å². The molecule has 1 aliphatic heterocycles. The molecule has 15 heavy (non-hydrogen) atoms. The molecule has 2 atom stereocenters. The zero-order valence-corrected chi connectivity index (χ0v) is 9.19. The fraction of sp³-hybridized carbons (Fsp3) is 0.700. The Morgan fingerprint density at radius 1 is 1.47 bits per heavy atom. The Hall–Kier alpha value is -0.910. The summed E-state index contributed by atoms with van der Waals surface area (Å²) >= 11 is 0. The first kappa shape index (κ1) is 12.2. The van der Waals surface area contributed by atoms with Crippen LogP contribution >= 0.6 is 0 Å². The van der Waals surface area contributed by atoms with Crippen molar-refractivity contribution in [3.63, 3.8) is 0 Å². The van der Waals surface area contributed by atoms with E-state index in [1.165, 1.54) is 14.2 Å². The van der Waals surface area contributed by atoms with Crippen LogP contribution in [0.2, 0.25) is 0 Å². The molecular weight excluding hydrogens is 200 g/mol. The van der Waals surface area contributed by atoms with E-state index < -0.39 is 12.1 Å². The van der Waals surface area contributed by atoms with Gasteiger partial charge in [-0.25, -0.2) is 0 Å². The quantitative estimate of drug-likeness (QED) is 0.503. The largest absolute Gasteiger partial charge is 0.469 e. The van der Waals surface area contributed by atoms with Crippen LogP contribution in [0.4, 0.5) is 0 Å². The van der Waals surface area contributed by atoms with Crippen molar-refractivity contribution in [1.29, 1.82) is 0 Å². The molecule has 0 radical (unpaired) electrons. The van der Waals surface area contributed by atoms with Crippen LogP contribution in [0.15, 0.2) is 12.2 Å². The normalized spacial score (nSPS) is 29.4. The fourth-order valence-electron chi connectivity index (χ4n) is 1.37. The van der Waals surface area contributed by atoms with E-state index in [9.17, 15) is 4.79 Å². The van der Waals surface area contributed by atoms with Crippen LogP contribution in [-0.4, -0.2) is 39.4 Å². The van der Waals surface area contributed by atoms with Crippen LogP contribution in [0.5, 0.6) is 0 Å². The predicted molar refractivity (Wildman–Crippen MR) is 52.0 cm³/mol. The average molecular weight is 216 g/mol. The SMILES string of the molecule is COC(=O)CC[C@]1(OC)C=C[C@H](OC)O1. The molecule has 0 aromatic heterocycles. The lowest BCUT2D eigenvalue weighted by atomic mass is 10.1. The predicted octanol–water partition coefficient (Wildman–Crippen LogP) is 0.841. The van der Waals surface area contributed by atoms with E-state index in [2.05, 4.69) is 4.74 Å². The van der Waals surface area contributed by atoms with Gasteiger partial charge in [0.15, 0.2) is 12.1 Å². The van der Waals surface area contributed by atoms with Crippen LogP contribution in [0.3, 0.4) is 0 Å². The van der Waals surface area contributed by atoms with E-state index in [-0.39, 0.29) is 12.4 Å². The molecule has 0 saturated heterocycles. The number of methoxy groups -OCH3 is 3. The second-order valence-electron chi connectivity index (χ2n) is 3.17. The number of rotatable bonds is 5. The lowest BCUT2D eigenvalue weighted by Gasteiger charge is -2.26. The Bertz CT molecular complexity index is 250. The molecule has 0 saturated carbocycles. The Kier molecular flexibility index (Phi) is 4.26. The minimum absolute atomic E-state index is 0.241. The van der Waals surface area contributed by atoms with E-state index in [4.69, 9.17) is 14.2 Å². The summed E-state index contributed by atoms with van der Waals surface area (Å²) in [5.41, 5.74) is 0. The monoisotopic (exact) mass is 216 g/mol. The van der Waals surface area contributed by atoms with E-state index in [1.54, 1.807) is 19.3 Å². The summed E-state index contributed by atoms with van der Waals surface area (Å²) < 4.78 is 20.3. The van der Waals surface area contributed by atoms with Gasteiger partial charge in [-0.1, -0.05) is 0 Å². The van der Waals surface area contributed by atoms with Gasteiger partial charge >= 0.3 is 5.97 Å². The van der Waals surface area contributed by atoms with Crippen molar-refractivity contribution in [2.45, 2.75) is 24.9 Å². The molecule has 0 amide bonds. The molecule has 0 N–H and O–H groups in total. The first-order valence-electron chi connectivity index (χ1n) is 4.68. The average Bonchev–Trinajstić information content (AvgIpc) is 2.70. The summed E-state index contributed by atoms with van der Waals surface area (Å²) in [7, 11) is 4.42. The number of ether oxygens (including phenoxy) is 4. The molecule has 5 nitrogen and oxygen atoms in total. The highest BCUT2D eigenvalue weighted by Gasteiger charge is 2.36. The molecule has 1 heterocycles. The van der Waals surface area contributed by atoms with Crippen LogP contribution < -0.4 is 0 Å². The molecule has 0 fully saturated rings. The standard InChI is InChI=1S/C10H16O5/c1-12-8(11)4-6-10(14-3)7-5-9(13-2)15-10/h5,7,9H,4,6H2,1-3H3/t9-,10-/m1/s1. The number of hydrogen-bond acceptors (Lipinski definition) is 5. The van der Waals surface area contributed by atoms with E-state index in [1.807, 2.05) is 0 Å². The third kappa shape index (κ3) is 3.02. The smallest absolute Gasteiger partial charge is 0.305 e. The molecule has 86 valence electrons. The van der Waals surface area contributed by atoms with Crippen molar-refractivity contribution < 1.29 is 23.7 Å². The van der Waals surface area contributed by atoms with Gasteiger partial charge in [0.05, 0.1) is 13.5 Å². The molecule has 0 aliphatic carbocycles. The lowest BCUT2D eigenvalue weighted by molar-refractivity contribution is -0.245. The highest BCUT2D eigenvalue weighted by atomic mass is 16.8. The number of carbonyl (C=O) groups excluding carboxylic acids is 1. The van der Waals surface area contributed by atoms with Gasteiger partial charge in [-0.3, -0.25) is 4.79 Å². The van der Waals surface area contributed by atoms with Crippen LogP contribution in [0, 0.1) is 0 Å². The van der Waals surface area contributed by atoms with E-state index in [0.717, 1.165) is 0 Å². The minimum atomic E-state index is -0.866. The van der Waals surface area contributed by atoms with Crippen molar-refractivity contribution in [1.82, 2.24) is 0 Å². The van der Waals surface area contributed by atoms with Gasteiger partial charge < -0.3 is 18.9 Å². The number of hydrogen-bond donors (Lipinski definition) is 0. The van der Waals surface area contributed by atoms with Gasteiger partial charge in [0.1, 0.15) is 0 Å². The maximum absolute atomic E-state index is 11.0. The van der Waals surface area contributed by atoms with Crippen molar-refractivity contribution in [2.75, 3.05) is 21.3 Å². The maximum atomic E-state index is 11.0. The molecule has 1 rings (SSSR count). The zero-order valence-electron chi connectivity index (χ0n) is 9.19. The summed E-state index contributed by atoms with van der Waals surface area (Å²) in [6, 6.07) is 0. The fourth-order valence-corrected chi connectivity index (χ4v) is 1.37. The van der Waals surface area contributed by atoms with Gasteiger partial charge in [-0.05, 0) is 12.2 Å². The zero-order chi connectivity index (χ0) is 11.3. The first-order valence-corrected chi connectivity index (χ1v) is 4.68. The summed E-state index contributed by atoms with van der Waals surface area (Å²) in [6.45, 7) is 0. The Morgan fingerprint density at radius 3 is 2.67 bits per heavy atom. The molecule has 0 unspecified atom stereocenters. The molecule has 0 aromatic carbocycles. The van der Waals surface area contributed by atoms with Gasteiger partial charge in [-0.2, -0.15) is 0 Å². The van der Waals surface area contributed by atoms with Crippen molar-refractivity contribution in [3.05, 3.63) is 12.2 Å². The molecule has 0 spiro atoms. The molecular formula is C10H16O5. The topological polar surface area (TPSA) is 54.0 Å². The summed E-state index contributed by atoms with van der Waals surface area (Å²) in [5, 5.41) is 0. The van der Waals surface area contributed by atoms with Gasteiger partial charge in [-0.15, -0.1) is 0 Å². The molecule has 0 bridgehead atoms. The van der Waals surface area contributed by atoms with Crippen LogP contribution in [-0.2, 0) is 23.7 Å². The Balaban J connectivity index is 2.49. The number of esters is 1. The second-order valence-corrected chi connectivity index (χ2v) is 3.17. The Morgan fingerprint density at radius 2 is 2.20 bits per heavy atom. The van der Waals surface area contributed by atoms with Crippen LogP contribution in [0.25, 0.3) is 0 Å². The summed E-state index contributed by atoms with van der Waals surface area (Å²) in [4.78, 5) is 11.0. The van der Waals surface area contributed by atoms with Crippen LogP contribution in [0.1, 0.15) is 12.8 Å². The third-order valence-electron chi connectivity index (χ3n) is 2.31. The molecule has 0 aromatic rings. The van der Waals surface area contributed by atoms with E-state index in [0.29, 0.717) is 6.42 Å². The molecule has 1 aliphatic rings. The van der Waals surface area contributed by atoms with Gasteiger partial charge in [0.25, 0.3) is 0 Å². The van der Waals surface area contributed by atoms with Crippen molar-refractivity contribution >= 4 is 5.97 Å². The van der Waals surface area contributed by atoms with Gasteiger partial charge in [0.2, 0.25) is 0 Å². The number of carbonyl (C=O) groups is 1. The first-order chi connectivity index (χ1) is 7.15. The van der Waals surface area contributed by atoms with Gasteiger partial charge in [0, 0.05) is 20.6 Å². The Labute approximate surface area is 88.9 Å². The summed E-state index contributed by atoms with van der Waals surface area (Å²) in [5.74, 6) is -1.15. The van der Waals surface area contributed by atoms with E-state index >= 15 is 0 Å². The minimum Gasteiger partial charge on any atom is -0.469 e. The van der Waals surface area contributed by atoms with Crippen molar-refractivity contribution in [2.24, 2.45) is 0 Å². The summed E-state index contributed by atoms with van der Waals surface area (Å²) in [6.07, 6.45) is 3.74. The highest BCUT2D eigenvalue weighted by Crippen LogP contribution is 2.29.